The fourth-order valence-electron chi connectivity index (χ4n) is 2.08. The van der Waals surface area contributed by atoms with Crippen LogP contribution in [0.3, 0.4) is 0 Å². The monoisotopic (exact) mass is 296 g/mol. The second-order valence-electron chi connectivity index (χ2n) is 4.74. The van der Waals surface area contributed by atoms with E-state index in [9.17, 15) is 9.59 Å². The fraction of sp³-hybridized carbons (Fsp3) is 0.615. The Kier molecular flexibility index (Phi) is 5.02. The van der Waals surface area contributed by atoms with Gasteiger partial charge in [-0.1, -0.05) is 5.16 Å². The van der Waals surface area contributed by atoms with Gasteiger partial charge >= 0.3 is 6.09 Å². The lowest BCUT2D eigenvalue weighted by atomic mass is 10.3. The smallest absolute Gasteiger partial charge is 0.409 e. The van der Waals surface area contributed by atoms with Crippen LogP contribution in [0.1, 0.15) is 12.7 Å². The Labute approximate surface area is 123 Å². The zero-order valence-corrected chi connectivity index (χ0v) is 12.3. The van der Waals surface area contributed by atoms with E-state index < -0.39 is 0 Å². The van der Waals surface area contributed by atoms with Crippen molar-refractivity contribution in [2.24, 2.45) is 0 Å². The molecule has 1 aromatic rings. The lowest BCUT2D eigenvalue weighted by molar-refractivity contribution is -0.130. The third kappa shape index (κ3) is 4.11. The molecular formula is C13H20N4O4. The van der Waals surface area contributed by atoms with Crippen molar-refractivity contribution < 1.29 is 18.8 Å². The number of nitrogens with one attached hydrogen (secondary N) is 1. The Morgan fingerprint density at radius 2 is 2.00 bits per heavy atom. The van der Waals surface area contributed by atoms with E-state index >= 15 is 0 Å². The third-order valence-electron chi connectivity index (χ3n) is 3.21. The second kappa shape index (κ2) is 6.96. The van der Waals surface area contributed by atoms with Crippen LogP contribution in [-0.2, 0) is 9.53 Å². The van der Waals surface area contributed by atoms with Gasteiger partial charge in [-0.05, 0) is 13.8 Å². The summed E-state index contributed by atoms with van der Waals surface area (Å²) in [7, 11) is 0. The van der Waals surface area contributed by atoms with Gasteiger partial charge in [0, 0.05) is 32.2 Å². The molecule has 1 N–H and O–H groups in total. The van der Waals surface area contributed by atoms with Crippen LogP contribution in [0.4, 0.5) is 10.6 Å². The van der Waals surface area contributed by atoms with E-state index in [-0.39, 0.29) is 18.5 Å². The number of rotatable bonds is 4. The molecule has 1 aliphatic heterocycles. The average Bonchev–Trinajstić information content (AvgIpc) is 2.91. The van der Waals surface area contributed by atoms with Crippen molar-refractivity contribution in [3.05, 3.63) is 11.8 Å². The number of carbonyl (C=O) groups is 2. The summed E-state index contributed by atoms with van der Waals surface area (Å²) in [5.74, 6) is 1.21. The number of piperazine rings is 1. The standard InChI is InChI=1S/C13H20N4O4/c1-3-20-13(19)17-6-4-16(5-7-17)12(18)9-14-11-8-10(2)21-15-11/h8H,3-7,9H2,1-2H3,(H,14,15). The molecule has 0 aromatic carbocycles. The topological polar surface area (TPSA) is 87.9 Å². The molecule has 0 bridgehead atoms. The first-order valence-corrected chi connectivity index (χ1v) is 6.97. The molecule has 2 heterocycles. The quantitative estimate of drug-likeness (QED) is 0.879. The van der Waals surface area contributed by atoms with E-state index in [4.69, 9.17) is 9.26 Å². The zero-order chi connectivity index (χ0) is 15.2. The SMILES string of the molecule is CCOC(=O)N1CCN(C(=O)CNc2cc(C)on2)CC1. The van der Waals surface area contributed by atoms with Crippen LogP contribution in [0.5, 0.6) is 0 Å². The van der Waals surface area contributed by atoms with Gasteiger partial charge in [-0.2, -0.15) is 0 Å². The first-order chi connectivity index (χ1) is 10.1. The highest BCUT2D eigenvalue weighted by molar-refractivity contribution is 5.81. The van der Waals surface area contributed by atoms with Crippen LogP contribution in [0.2, 0.25) is 0 Å². The molecule has 1 aliphatic rings. The van der Waals surface area contributed by atoms with Crippen LogP contribution >= 0.6 is 0 Å². The summed E-state index contributed by atoms with van der Waals surface area (Å²) in [5, 5.41) is 6.68. The normalized spacial score (nSPS) is 15.0. The molecule has 0 saturated carbocycles. The Hall–Kier alpha value is -2.25. The molecule has 116 valence electrons. The molecule has 2 amide bonds. The van der Waals surface area contributed by atoms with E-state index in [2.05, 4.69) is 10.5 Å². The molecule has 1 aromatic heterocycles. The highest BCUT2D eigenvalue weighted by Gasteiger charge is 2.24. The molecule has 0 atom stereocenters. The number of carbonyl (C=O) groups excluding carboxylic acids is 2. The fourth-order valence-corrected chi connectivity index (χ4v) is 2.08. The molecule has 0 aliphatic carbocycles. The molecule has 0 unspecified atom stereocenters. The Bertz CT molecular complexity index is 494. The minimum atomic E-state index is -0.319. The maximum Gasteiger partial charge on any atom is 0.409 e. The lowest BCUT2D eigenvalue weighted by Gasteiger charge is -2.34. The van der Waals surface area contributed by atoms with Crippen molar-refractivity contribution in [1.82, 2.24) is 15.0 Å². The number of hydrogen-bond acceptors (Lipinski definition) is 6. The number of aromatic nitrogens is 1. The lowest BCUT2D eigenvalue weighted by Crippen LogP contribution is -2.51. The Morgan fingerprint density at radius 3 is 2.57 bits per heavy atom. The van der Waals surface area contributed by atoms with Gasteiger partial charge in [-0.25, -0.2) is 4.79 Å². The molecular weight excluding hydrogens is 276 g/mol. The summed E-state index contributed by atoms with van der Waals surface area (Å²) in [6, 6.07) is 1.73. The first kappa shape index (κ1) is 15.1. The van der Waals surface area contributed by atoms with Crippen LogP contribution in [0.15, 0.2) is 10.6 Å². The van der Waals surface area contributed by atoms with Crippen LogP contribution < -0.4 is 5.32 Å². The maximum absolute atomic E-state index is 12.1. The van der Waals surface area contributed by atoms with Gasteiger partial charge in [-0.15, -0.1) is 0 Å². The molecule has 0 spiro atoms. The van der Waals surface area contributed by atoms with Crippen molar-refractivity contribution in [2.45, 2.75) is 13.8 Å². The van der Waals surface area contributed by atoms with Crippen LogP contribution in [0, 0.1) is 6.92 Å². The van der Waals surface area contributed by atoms with Crippen LogP contribution in [-0.4, -0.2) is 66.3 Å². The Balaban J connectivity index is 1.74. The van der Waals surface area contributed by atoms with Crippen molar-refractivity contribution in [3.8, 4) is 0 Å². The van der Waals surface area contributed by atoms with Crippen molar-refractivity contribution in [3.63, 3.8) is 0 Å². The minimum Gasteiger partial charge on any atom is -0.450 e. The van der Waals surface area contributed by atoms with Gasteiger partial charge in [0.2, 0.25) is 5.91 Å². The van der Waals surface area contributed by atoms with E-state index in [0.717, 1.165) is 0 Å². The van der Waals surface area contributed by atoms with E-state index in [1.807, 2.05) is 0 Å². The molecule has 8 nitrogen and oxygen atoms in total. The number of nitrogens with zero attached hydrogens (tertiary/aromatic N) is 3. The molecule has 8 heteroatoms. The summed E-state index contributed by atoms with van der Waals surface area (Å²) >= 11 is 0. The van der Waals surface area contributed by atoms with E-state index in [1.54, 1.807) is 29.7 Å². The predicted molar refractivity (Wildman–Crippen MR) is 74.9 cm³/mol. The number of anilines is 1. The maximum atomic E-state index is 12.1. The van der Waals surface area contributed by atoms with E-state index in [0.29, 0.717) is 44.4 Å². The van der Waals surface area contributed by atoms with Gasteiger partial charge in [-0.3, -0.25) is 4.79 Å². The van der Waals surface area contributed by atoms with Crippen LogP contribution in [0.25, 0.3) is 0 Å². The van der Waals surface area contributed by atoms with E-state index in [1.165, 1.54) is 0 Å². The predicted octanol–water partition coefficient (Wildman–Crippen LogP) is 0.696. The minimum absolute atomic E-state index is 0.0286. The van der Waals surface area contributed by atoms with Gasteiger partial charge in [0.15, 0.2) is 5.82 Å². The summed E-state index contributed by atoms with van der Waals surface area (Å²) in [4.78, 5) is 26.9. The summed E-state index contributed by atoms with van der Waals surface area (Å²) in [6.45, 7) is 6.09. The third-order valence-corrected chi connectivity index (χ3v) is 3.21. The highest BCUT2D eigenvalue weighted by Crippen LogP contribution is 2.08. The molecule has 2 rings (SSSR count). The summed E-state index contributed by atoms with van der Waals surface area (Å²) < 4.78 is 9.85. The van der Waals surface area contributed by atoms with Gasteiger partial charge in [0.05, 0.1) is 13.2 Å². The summed E-state index contributed by atoms with van der Waals surface area (Å²) in [6.07, 6.45) is -0.319. The average molecular weight is 296 g/mol. The molecule has 1 fully saturated rings. The van der Waals surface area contributed by atoms with Crippen molar-refractivity contribution >= 4 is 17.8 Å². The largest absolute Gasteiger partial charge is 0.450 e. The van der Waals surface area contributed by atoms with Crippen molar-refractivity contribution in [1.29, 1.82) is 0 Å². The number of hydrogen-bond donors (Lipinski definition) is 1. The summed E-state index contributed by atoms with van der Waals surface area (Å²) in [5.41, 5.74) is 0. The second-order valence-corrected chi connectivity index (χ2v) is 4.74. The van der Waals surface area contributed by atoms with Crippen molar-refractivity contribution in [2.75, 3.05) is 44.6 Å². The zero-order valence-electron chi connectivity index (χ0n) is 12.3. The molecule has 21 heavy (non-hydrogen) atoms. The Morgan fingerprint density at radius 1 is 1.33 bits per heavy atom. The number of ether oxygens (including phenoxy) is 1. The number of aryl methyl sites for hydroxylation is 1. The molecule has 1 saturated heterocycles. The van der Waals surface area contributed by atoms with Gasteiger partial charge < -0.3 is 24.4 Å². The molecule has 0 radical (unpaired) electrons. The van der Waals surface area contributed by atoms with Gasteiger partial charge in [0.1, 0.15) is 5.76 Å². The number of amides is 2. The van der Waals surface area contributed by atoms with Gasteiger partial charge in [0.25, 0.3) is 0 Å². The first-order valence-electron chi connectivity index (χ1n) is 6.97. The highest BCUT2D eigenvalue weighted by atomic mass is 16.6.